The Morgan fingerprint density at radius 2 is 2.25 bits per heavy atom. The van der Waals surface area contributed by atoms with Gasteiger partial charge in [0.1, 0.15) is 12.7 Å². The summed E-state index contributed by atoms with van der Waals surface area (Å²) in [6.07, 6.45) is 6.48. The van der Waals surface area contributed by atoms with Crippen molar-refractivity contribution in [1.29, 1.82) is 0 Å². The number of nitrogens with zero attached hydrogens (tertiary/aromatic N) is 3. The van der Waals surface area contributed by atoms with Crippen LogP contribution in [0.3, 0.4) is 0 Å². The normalized spacial score (nSPS) is 17.3. The molecule has 0 unspecified atom stereocenters. The highest BCUT2D eigenvalue weighted by atomic mass is 15.3. The van der Waals surface area contributed by atoms with Gasteiger partial charge >= 0.3 is 0 Å². The molecule has 0 spiro atoms. The van der Waals surface area contributed by atoms with Crippen molar-refractivity contribution >= 4 is 0 Å². The number of rotatable bonds is 3. The summed E-state index contributed by atoms with van der Waals surface area (Å²) in [5.41, 5.74) is 8.48. The van der Waals surface area contributed by atoms with Crippen molar-refractivity contribution in [2.24, 2.45) is 5.73 Å². The quantitative estimate of drug-likeness (QED) is 0.837. The minimum absolute atomic E-state index is 0.0565. The van der Waals surface area contributed by atoms with Gasteiger partial charge in [0.2, 0.25) is 0 Å². The van der Waals surface area contributed by atoms with E-state index in [2.05, 4.69) is 22.2 Å². The summed E-state index contributed by atoms with van der Waals surface area (Å²) < 4.78 is 1.76. The lowest BCUT2D eigenvalue weighted by Gasteiger charge is -2.09. The molecule has 16 heavy (non-hydrogen) atoms. The molecule has 1 aliphatic rings. The van der Waals surface area contributed by atoms with E-state index < -0.39 is 0 Å². The Morgan fingerprint density at radius 3 is 2.94 bits per heavy atom. The van der Waals surface area contributed by atoms with Crippen molar-refractivity contribution in [1.82, 2.24) is 14.8 Å². The summed E-state index contributed by atoms with van der Waals surface area (Å²) in [7, 11) is 0. The highest BCUT2D eigenvalue weighted by molar-refractivity contribution is 5.36. The fourth-order valence-electron chi connectivity index (χ4n) is 1.89. The molecule has 82 valence electrons. The van der Waals surface area contributed by atoms with E-state index in [1.807, 2.05) is 12.1 Å². The average Bonchev–Trinajstić information content (AvgIpc) is 2.84. The van der Waals surface area contributed by atoms with Gasteiger partial charge in [0.15, 0.2) is 0 Å². The monoisotopic (exact) mass is 214 g/mol. The third-order valence-electron chi connectivity index (χ3n) is 3.04. The number of nitrogens with two attached hydrogens (primary N) is 1. The van der Waals surface area contributed by atoms with Crippen LogP contribution in [-0.2, 0) is 6.42 Å². The molecule has 1 aliphatic carbocycles. The van der Waals surface area contributed by atoms with E-state index in [0.29, 0.717) is 0 Å². The molecule has 1 heterocycles. The predicted octanol–water partition coefficient (Wildman–Crippen LogP) is 1.30. The van der Waals surface area contributed by atoms with Crippen LogP contribution in [0.15, 0.2) is 36.9 Å². The van der Waals surface area contributed by atoms with Gasteiger partial charge in [0.05, 0.1) is 5.69 Å². The molecule has 2 aromatic rings. The fourth-order valence-corrected chi connectivity index (χ4v) is 1.89. The molecule has 0 bridgehead atoms. The van der Waals surface area contributed by atoms with Crippen LogP contribution >= 0.6 is 0 Å². The van der Waals surface area contributed by atoms with E-state index in [-0.39, 0.29) is 5.54 Å². The van der Waals surface area contributed by atoms with E-state index in [4.69, 9.17) is 5.73 Å². The summed E-state index contributed by atoms with van der Waals surface area (Å²) in [4.78, 5) is 3.94. The average molecular weight is 214 g/mol. The molecule has 3 rings (SSSR count). The predicted molar refractivity (Wildman–Crippen MR) is 61.2 cm³/mol. The zero-order valence-electron chi connectivity index (χ0n) is 9.00. The zero-order valence-corrected chi connectivity index (χ0v) is 9.00. The van der Waals surface area contributed by atoms with Crippen LogP contribution in [0.2, 0.25) is 0 Å². The first-order valence-corrected chi connectivity index (χ1v) is 5.48. The van der Waals surface area contributed by atoms with Gasteiger partial charge < -0.3 is 5.73 Å². The van der Waals surface area contributed by atoms with Crippen LogP contribution in [0.5, 0.6) is 0 Å². The van der Waals surface area contributed by atoms with Crippen LogP contribution in [0.25, 0.3) is 5.69 Å². The molecular weight excluding hydrogens is 200 g/mol. The molecule has 0 amide bonds. The number of hydrogen-bond donors (Lipinski definition) is 1. The highest BCUT2D eigenvalue weighted by Gasteiger charge is 2.37. The molecule has 4 nitrogen and oxygen atoms in total. The Labute approximate surface area is 94.1 Å². The molecule has 1 aromatic heterocycles. The van der Waals surface area contributed by atoms with Crippen LogP contribution in [0.4, 0.5) is 0 Å². The highest BCUT2D eigenvalue weighted by Crippen LogP contribution is 2.35. The first kappa shape index (κ1) is 9.54. The van der Waals surface area contributed by atoms with E-state index in [1.165, 1.54) is 11.9 Å². The summed E-state index contributed by atoms with van der Waals surface area (Å²) in [6.45, 7) is 0. The lowest BCUT2D eigenvalue weighted by Crippen LogP contribution is -2.24. The summed E-state index contributed by atoms with van der Waals surface area (Å²) >= 11 is 0. The van der Waals surface area contributed by atoms with Gasteiger partial charge in [-0.25, -0.2) is 9.67 Å². The molecule has 1 fully saturated rings. The van der Waals surface area contributed by atoms with Gasteiger partial charge in [-0.3, -0.25) is 0 Å². The number of benzene rings is 1. The Morgan fingerprint density at radius 1 is 1.38 bits per heavy atom. The Balaban J connectivity index is 1.88. The smallest absolute Gasteiger partial charge is 0.138 e. The maximum absolute atomic E-state index is 6.11. The third-order valence-corrected chi connectivity index (χ3v) is 3.04. The zero-order chi connectivity index (χ0) is 11.0. The molecule has 1 aromatic carbocycles. The van der Waals surface area contributed by atoms with Gasteiger partial charge in [-0.1, -0.05) is 12.1 Å². The van der Waals surface area contributed by atoms with Crippen molar-refractivity contribution in [3.63, 3.8) is 0 Å². The number of hydrogen-bond acceptors (Lipinski definition) is 3. The Kier molecular flexibility index (Phi) is 2.04. The second-order valence-corrected chi connectivity index (χ2v) is 4.55. The minimum Gasteiger partial charge on any atom is -0.325 e. The van der Waals surface area contributed by atoms with Crippen LogP contribution in [0, 0.1) is 0 Å². The third kappa shape index (κ3) is 1.84. The minimum atomic E-state index is 0.0565. The maximum atomic E-state index is 6.11. The number of aromatic nitrogens is 3. The van der Waals surface area contributed by atoms with Crippen molar-refractivity contribution in [2.45, 2.75) is 24.8 Å². The molecule has 4 heteroatoms. The van der Waals surface area contributed by atoms with Gasteiger partial charge in [0, 0.05) is 5.54 Å². The maximum Gasteiger partial charge on any atom is 0.138 e. The van der Waals surface area contributed by atoms with Crippen LogP contribution in [0.1, 0.15) is 18.4 Å². The largest absolute Gasteiger partial charge is 0.325 e. The van der Waals surface area contributed by atoms with E-state index in [0.717, 1.165) is 24.9 Å². The van der Waals surface area contributed by atoms with Crippen LogP contribution < -0.4 is 5.73 Å². The molecule has 0 atom stereocenters. The topological polar surface area (TPSA) is 56.7 Å². The van der Waals surface area contributed by atoms with Crippen molar-refractivity contribution in [3.8, 4) is 5.69 Å². The first-order chi connectivity index (χ1) is 7.75. The van der Waals surface area contributed by atoms with Gasteiger partial charge in [-0.05, 0) is 37.0 Å². The SMILES string of the molecule is NC1(Cc2cccc(-n3cncn3)c2)CC1. The lowest BCUT2D eigenvalue weighted by atomic mass is 10.0. The fraction of sp³-hybridized carbons (Fsp3) is 0.333. The van der Waals surface area contributed by atoms with Crippen LogP contribution in [-0.4, -0.2) is 20.3 Å². The molecule has 1 saturated carbocycles. The second kappa shape index (κ2) is 3.42. The first-order valence-electron chi connectivity index (χ1n) is 5.48. The lowest BCUT2D eigenvalue weighted by molar-refractivity contribution is 0.671. The van der Waals surface area contributed by atoms with Gasteiger partial charge in [-0.15, -0.1) is 0 Å². The van der Waals surface area contributed by atoms with E-state index in [9.17, 15) is 0 Å². The van der Waals surface area contributed by atoms with Crippen molar-refractivity contribution < 1.29 is 0 Å². The summed E-state index contributed by atoms with van der Waals surface area (Å²) in [6, 6.07) is 8.31. The molecular formula is C12H14N4. The van der Waals surface area contributed by atoms with Crippen molar-refractivity contribution in [3.05, 3.63) is 42.5 Å². The Hall–Kier alpha value is -1.68. The van der Waals surface area contributed by atoms with Crippen molar-refractivity contribution in [2.75, 3.05) is 0 Å². The van der Waals surface area contributed by atoms with Gasteiger partial charge in [0.25, 0.3) is 0 Å². The molecule has 0 saturated heterocycles. The summed E-state index contributed by atoms with van der Waals surface area (Å²) in [5, 5.41) is 4.11. The molecule has 2 N–H and O–H groups in total. The summed E-state index contributed by atoms with van der Waals surface area (Å²) in [5.74, 6) is 0. The second-order valence-electron chi connectivity index (χ2n) is 4.55. The van der Waals surface area contributed by atoms with E-state index >= 15 is 0 Å². The van der Waals surface area contributed by atoms with Gasteiger partial charge in [-0.2, -0.15) is 5.10 Å². The Bertz CT molecular complexity index is 485. The standard InChI is InChI=1S/C12H14N4/c13-12(4-5-12)7-10-2-1-3-11(6-10)16-9-14-8-15-16/h1-3,6,8-9H,4-5,7,13H2. The molecule has 0 aliphatic heterocycles. The van der Waals surface area contributed by atoms with E-state index in [1.54, 1.807) is 11.0 Å². The molecule has 0 radical (unpaired) electrons.